The number of non-ortho nitro benzene ring substituents is 2. The van der Waals surface area contributed by atoms with Gasteiger partial charge in [0.15, 0.2) is 0 Å². The van der Waals surface area contributed by atoms with Crippen molar-refractivity contribution < 1.29 is 9.85 Å². The monoisotopic (exact) mass is 391 g/mol. The van der Waals surface area contributed by atoms with Crippen molar-refractivity contribution in [2.75, 3.05) is 4.90 Å². The Hall–Kier alpha value is -3.74. The summed E-state index contributed by atoms with van der Waals surface area (Å²) in [4.78, 5) is 23.1. The van der Waals surface area contributed by atoms with E-state index in [1.54, 1.807) is 24.3 Å². The van der Waals surface area contributed by atoms with Gasteiger partial charge in [0.05, 0.1) is 9.85 Å². The van der Waals surface area contributed by atoms with Gasteiger partial charge >= 0.3 is 0 Å². The second kappa shape index (κ2) is 8.52. The van der Waals surface area contributed by atoms with E-state index in [4.69, 9.17) is 0 Å². The number of rotatable bonds is 7. The Balaban J connectivity index is 1.90. The van der Waals surface area contributed by atoms with Crippen molar-refractivity contribution in [3.8, 4) is 0 Å². The molecule has 0 aliphatic carbocycles. The molecule has 0 fully saturated rings. The fraction of sp³-hybridized carbons (Fsp3) is 0.182. The first-order valence-electron chi connectivity index (χ1n) is 9.12. The van der Waals surface area contributed by atoms with Crippen LogP contribution in [0, 0.1) is 34.1 Å². The summed E-state index contributed by atoms with van der Waals surface area (Å²) in [6, 6.07) is 19.2. The first-order chi connectivity index (χ1) is 13.8. The van der Waals surface area contributed by atoms with Gasteiger partial charge in [-0.1, -0.05) is 42.0 Å². The van der Waals surface area contributed by atoms with Crippen molar-refractivity contribution >= 4 is 17.1 Å². The molecule has 7 nitrogen and oxygen atoms in total. The summed E-state index contributed by atoms with van der Waals surface area (Å²) in [6.07, 6.45) is 0. The van der Waals surface area contributed by atoms with Crippen LogP contribution >= 0.6 is 0 Å². The van der Waals surface area contributed by atoms with E-state index in [9.17, 15) is 20.2 Å². The van der Waals surface area contributed by atoms with Crippen LogP contribution in [0.5, 0.6) is 0 Å². The lowest BCUT2D eigenvalue weighted by molar-refractivity contribution is -0.385. The Labute approximate surface area is 168 Å². The molecule has 0 aliphatic heterocycles. The van der Waals surface area contributed by atoms with Crippen molar-refractivity contribution in [1.29, 1.82) is 0 Å². The zero-order valence-corrected chi connectivity index (χ0v) is 16.2. The van der Waals surface area contributed by atoms with E-state index in [-0.39, 0.29) is 11.4 Å². The highest BCUT2D eigenvalue weighted by Gasteiger charge is 2.14. The van der Waals surface area contributed by atoms with Crippen LogP contribution in [0.1, 0.15) is 22.3 Å². The molecule has 7 heteroatoms. The molecule has 0 saturated carbocycles. The van der Waals surface area contributed by atoms with Crippen LogP contribution in [0.2, 0.25) is 0 Å². The second-order valence-corrected chi connectivity index (χ2v) is 6.99. The quantitative estimate of drug-likeness (QED) is 0.401. The summed E-state index contributed by atoms with van der Waals surface area (Å²) in [5.41, 5.74) is 5.33. The molecule has 0 saturated heterocycles. The average molecular weight is 391 g/mol. The van der Waals surface area contributed by atoms with Crippen molar-refractivity contribution in [3.63, 3.8) is 0 Å². The predicted molar refractivity (Wildman–Crippen MR) is 112 cm³/mol. The lowest BCUT2D eigenvalue weighted by Crippen LogP contribution is -2.23. The Bertz CT molecular complexity index is 971. The molecule has 0 aromatic heterocycles. The first kappa shape index (κ1) is 20.0. The molecule has 0 heterocycles. The predicted octanol–water partition coefficient (Wildman–Crippen LogP) is 5.33. The van der Waals surface area contributed by atoms with Gasteiger partial charge in [0.25, 0.3) is 11.4 Å². The van der Waals surface area contributed by atoms with E-state index in [1.165, 1.54) is 24.3 Å². The molecule has 0 N–H and O–H groups in total. The van der Waals surface area contributed by atoms with Crippen LogP contribution < -0.4 is 4.90 Å². The largest absolute Gasteiger partial charge is 0.363 e. The topological polar surface area (TPSA) is 89.5 Å². The minimum atomic E-state index is -0.414. The van der Waals surface area contributed by atoms with E-state index < -0.39 is 9.85 Å². The Kier molecular flexibility index (Phi) is 5.87. The van der Waals surface area contributed by atoms with Crippen LogP contribution in [-0.4, -0.2) is 9.85 Å². The van der Waals surface area contributed by atoms with Crippen LogP contribution in [0.3, 0.4) is 0 Å². The normalized spacial score (nSPS) is 10.6. The van der Waals surface area contributed by atoms with Gasteiger partial charge in [-0.25, -0.2) is 0 Å². The molecule has 0 aliphatic rings. The van der Waals surface area contributed by atoms with Crippen molar-refractivity contribution in [1.82, 2.24) is 0 Å². The molecule has 0 atom stereocenters. The van der Waals surface area contributed by atoms with Crippen LogP contribution in [-0.2, 0) is 13.1 Å². The molecule has 29 heavy (non-hydrogen) atoms. The third kappa shape index (κ3) is 4.95. The molecule has 0 amide bonds. The molecule has 0 spiro atoms. The molecule has 0 unspecified atom stereocenters. The zero-order chi connectivity index (χ0) is 21.0. The summed E-state index contributed by atoms with van der Waals surface area (Å²) in [7, 11) is 0. The number of nitrogens with zero attached hydrogens (tertiary/aromatic N) is 3. The minimum absolute atomic E-state index is 0.0576. The fourth-order valence-electron chi connectivity index (χ4n) is 3.27. The highest BCUT2D eigenvalue weighted by molar-refractivity contribution is 5.55. The van der Waals surface area contributed by atoms with E-state index in [1.807, 2.05) is 19.9 Å². The second-order valence-electron chi connectivity index (χ2n) is 6.99. The smallest absolute Gasteiger partial charge is 0.269 e. The third-order valence-corrected chi connectivity index (χ3v) is 4.73. The van der Waals surface area contributed by atoms with Crippen molar-refractivity contribution in [2.24, 2.45) is 0 Å². The van der Waals surface area contributed by atoms with E-state index in [0.29, 0.717) is 13.1 Å². The van der Waals surface area contributed by atoms with E-state index in [2.05, 4.69) is 17.0 Å². The summed E-state index contributed by atoms with van der Waals surface area (Å²) in [5, 5.41) is 21.8. The van der Waals surface area contributed by atoms with Gasteiger partial charge in [-0.2, -0.15) is 0 Å². The number of hydrogen-bond donors (Lipinski definition) is 0. The lowest BCUT2D eigenvalue weighted by atomic mass is 10.1. The molecule has 3 aromatic carbocycles. The number of anilines is 1. The summed E-state index contributed by atoms with van der Waals surface area (Å²) in [6.45, 7) is 5.19. The standard InChI is InChI=1S/C22H21N3O4/c1-16-3-12-22(17(2)13-16)23(14-18-4-8-20(9-5-18)24(26)27)15-19-6-10-21(11-7-19)25(28)29/h3-13H,14-15H2,1-2H3. The van der Waals surface area contributed by atoms with Gasteiger partial charge in [0, 0.05) is 43.0 Å². The number of benzene rings is 3. The maximum absolute atomic E-state index is 10.9. The Morgan fingerprint density at radius 2 is 1.17 bits per heavy atom. The molecule has 3 rings (SSSR count). The lowest BCUT2D eigenvalue weighted by Gasteiger charge is -2.27. The molecule has 3 aromatic rings. The molecular formula is C22H21N3O4. The molecule has 148 valence electrons. The molecular weight excluding hydrogens is 370 g/mol. The van der Waals surface area contributed by atoms with Gasteiger partial charge in [0.1, 0.15) is 0 Å². The van der Waals surface area contributed by atoms with Crippen LogP contribution in [0.25, 0.3) is 0 Å². The number of aryl methyl sites for hydroxylation is 2. The minimum Gasteiger partial charge on any atom is -0.363 e. The Morgan fingerprint density at radius 1 is 0.724 bits per heavy atom. The zero-order valence-electron chi connectivity index (χ0n) is 16.2. The summed E-state index contributed by atoms with van der Waals surface area (Å²) in [5.74, 6) is 0. The Morgan fingerprint density at radius 3 is 1.55 bits per heavy atom. The van der Waals surface area contributed by atoms with E-state index in [0.717, 1.165) is 27.9 Å². The van der Waals surface area contributed by atoms with E-state index >= 15 is 0 Å². The molecule has 0 radical (unpaired) electrons. The van der Waals surface area contributed by atoms with Crippen LogP contribution in [0.4, 0.5) is 17.1 Å². The number of nitro benzene ring substituents is 2. The van der Waals surface area contributed by atoms with Gasteiger partial charge < -0.3 is 4.90 Å². The van der Waals surface area contributed by atoms with Gasteiger partial charge in [-0.05, 0) is 36.6 Å². The maximum atomic E-state index is 10.9. The van der Waals surface area contributed by atoms with Crippen molar-refractivity contribution in [3.05, 3.63) is 109 Å². The third-order valence-electron chi connectivity index (χ3n) is 4.73. The highest BCUT2D eigenvalue weighted by atomic mass is 16.6. The van der Waals surface area contributed by atoms with Gasteiger partial charge in [0.2, 0.25) is 0 Å². The SMILES string of the molecule is Cc1ccc(N(Cc2ccc([N+](=O)[O-])cc2)Cc2ccc([N+](=O)[O-])cc2)c(C)c1. The fourth-order valence-corrected chi connectivity index (χ4v) is 3.27. The highest BCUT2D eigenvalue weighted by Crippen LogP contribution is 2.26. The summed E-state index contributed by atoms with van der Waals surface area (Å²) >= 11 is 0. The van der Waals surface area contributed by atoms with Gasteiger partial charge in [-0.3, -0.25) is 20.2 Å². The van der Waals surface area contributed by atoms with Gasteiger partial charge in [-0.15, -0.1) is 0 Å². The maximum Gasteiger partial charge on any atom is 0.269 e. The van der Waals surface area contributed by atoms with Crippen LogP contribution in [0.15, 0.2) is 66.7 Å². The average Bonchev–Trinajstić information content (AvgIpc) is 2.68. The van der Waals surface area contributed by atoms with Crippen molar-refractivity contribution in [2.45, 2.75) is 26.9 Å². The molecule has 0 bridgehead atoms. The number of nitro groups is 2. The summed E-state index contributed by atoms with van der Waals surface area (Å²) < 4.78 is 0. The first-order valence-corrected chi connectivity index (χ1v) is 9.12. The number of hydrogen-bond acceptors (Lipinski definition) is 5.